The summed E-state index contributed by atoms with van der Waals surface area (Å²) in [7, 11) is 0. The molecule has 3 nitrogen and oxygen atoms in total. The summed E-state index contributed by atoms with van der Waals surface area (Å²) in [6, 6.07) is 59.2. The van der Waals surface area contributed by atoms with Crippen molar-refractivity contribution in [3.8, 4) is 28.2 Å². The van der Waals surface area contributed by atoms with E-state index >= 15 is 0 Å². The van der Waals surface area contributed by atoms with Crippen molar-refractivity contribution in [3.05, 3.63) is 221 Å². The Bertz CT molecular complexity index is 3120. The van der Waals surface area contributed by atoms with Gasteiger partial charge in [0.2, 0.25) is 0 Å². The Morgan fingerprint density at radius 2 is 1.38 bits per heavy atom. The molecule has 0 N–H and O–H groups in total. The van der Waals surface area contributed by atoms with Crippen molar-refractivity contribution >= 4 is 39.0 Å². The smallest absolute Gasteiger partial charge is 0.145 e. The third-order valence-electron chi connectivity index (χ3n) is 12.2. The molecule has 3 heteroatoms. The van der Waals surface area contributed by atoms with Crippen LogP contribution in [0, 0.1) is 0 Å². The lowest BCUT2D eigenvalue weighted by Crippen LogP contribution is -2.32. The summed E-state index contributed by atoms with van der Waals surface area (Å²) in [5.74, 6) is 1.11. The molecule has 9 aromatic rings. The molecule has 0 saturated heterocycles. The van der Waals surface area contributed by atoms with Gasteiger partial charge in [-0.05, 0) is 81.3 Å². The molecule has 258 valence electrons. The SMILES string of the molecule is C1=Cc2ccccc2C2(C3=C1C=CC(c1ccc4c(c1)nc(-c1ccccc1)n4-c1ccccc1)C3)c1ccccc1-c1c2ccc2c1oc1ccccc12. The average molecular weight is 703 g/mol. The summed E-state index contributed by atoms with van der Waals surface area (Å²) in [5.41, 5.74) is 17.3. The van der Waals surface area contributed by atoms with Gasteiger partial charge in [-0.15, -0.1) is 0 Å². The van der Waals surface area contributed by atoms with Gasteiger partial charge in [-0.1, -0.05) is 158 Å². The van der Waals surface area contributed by atoms with Crippen LogP contribution in [0.3, 0.4) is 0 Å². The second kappa shape index (κ2) is 11.5. The number of hydrogen-bond acceptors (Lipinski definition) is 2. The molecular formula is C52H34N2O. The summed E-state index contributed by atoms with van der Waals surface area (Å²) < 4.78 is 9.08. The van der Waals surface area contributed by atoms with Crippen molar-refractivity contribution < 1.29 is 4.42 Å². The molecule has 0 amide bonds. The van der Waals surface area contributed by atoms with Gasteiger partial charge >= 0.3 is 0 Å². The van der Waals surface area contributed by atoms with Crippen molar-refractivity contribution in [1.82, 2.24) is 9.55 Å². The van der Waals surface area contributed by atoms with Crippen LogP contribution < -0.4 is 0 Å². The fourth-order valence-electron chi connectivity index (χ4n) is 9.91. The van der Waals surface area contributed by atoms with Crippen molar-refractivity contribution in [1.29, 1.82) is 0 Å². The minimum atomic E-state index is -0.503. The maximum atomic E-state index is 6.79. The minimum absolute atomic E-state index is 0.159. The zero-order chi connectivity index (χ0) is 36.1. The van der Waals surface area contributed by atoms with E-state index in [1.54, 1.807) is 0 Å². The quantitative estimate of drug-likeness (QED) is 0.183. The minimum Gasteiger partial charge on any atom is -0.455 e. The van der Waals surface area contributed by atoms with Gasteiger partial charge in [0.05, 0.1) is 16.4 Å². The standard InChI is InChI=1S/C52H34N2O/c1-3-14-35(15-4-1)51-53-46-32-37(27-30-47(46)54(51)38-16-5-2-6-17-38)36-26-25-34-24-23-33-13-7-10-20-42(33)52(45(34)31-36)43-21-11-8-19-41(43)49-44(52)29-28-40-39-18-9-12-22-48(39)55-50(40)49/h1-30,32,36H,31H2. The van der Waals surface area contributed by atoms with Crippen molar-refractivity contribution in [3.63, 3.8) is 0 Å². The van der Waals surface area contributed by atoms with Crippen LogP contribution in [0.1, 0.15) is 40.2 Å². The molecule has 12 rings (SSSR count). The van der Waals surface area contributed by atoms with Crippen molar-refractivity contribution in [2.75, 3.05) is 0 Å². The van der Waals surface area contributed by atoms with Crippen LogP contribution in [0.25, 0.3) is 67.3 Å². The number of hydrogen-bond donors (Lipinski definition) is 0. The molecule has 2 heterocycles. The molecule has 0 radical (unpaired) electrons. The summed E-state index contributed by atoms with van der Waals surface area (Å²) in [6.07, 6.45) is 10.3. The summed E-state index contributed by atoms with van der Waals surface area (Å²) >= 11 is 0. The van der Waals surface area contributed by atoms with Gasteiger partial charge in [0.15, 0.2) is 0 Å². The number of furan rings is 1. The lowest BCUT2D eigenvalue weighted by Gasteiger charge is -2.39. The maximum Gasteiger partial charge on any atom is 0.145 e. The van der Waals surface area contributed by atoms with Crippen molar-refractivity contribution in [2.24, 2.45) is 0 Å². The molecule has 2 unspecified atom stereocenters. The molecule has 2 atom stereocenters. The molecular weight excluding hydrogens is 669 g/mol. The van der Waals surface area contributed by atoms with Crippen LogP contribution in [0.15, 0.2) is 198 Å². The van der Waals surface area contributed by atoms with Crippen molar-refractivity contribution in [2.45, 2.75) is 17.8 Å². The molecule has 0 aliphatic heterocycles. The van der Waals surface area contributed by atoms with Crippen LogP contribution >= 0.6 is 0 Å². The number of benzene rings is 7. The number of nitrogens with zero attached hydrogens (tertiary/aromatic N) is 2. The zero-order valence-corrected chi connectivity index (χ0v) is 30.0. The Kier molecular flexibility index (Phi) is 6.38. The van der Waals surface area contributed by atoms with E-state index in [0.717, 1.165) is 56.5 Å². The lowest BCUT2D eigenvalue weighted by atomic mass is 9.62. The first kappa shape index (κ1) is 30.5. The number of fused-ring (bicyclic) bond motifs is 13. The van der Waals surface area contributed by atoms with E-state index in [-0.39, 0.29) is 5.92 Å². The summed E-state index contributed by atoms with van der Waals surface area (Å²) in [5, 5.41) is 2.32. The molecule has 0 saturated carbocycles. The van der Waals surface area contributed by atoms with Gasteiger partial charge < -0.3 is 4.42 Å². The van der Waals surface area contributed by atoms with E-state index in [9.17, 15) is 0 Å². The van der Waals surface area contributed by atoms with Gasteiger partial charge in [-0.3, -0.25) is 4.57 Å². The summed E-state index contributed by atoms with van der Waals surface area (Å²) in [6.45, 7) is 0. The van der Waals surface area contributed by atoms with Crippen LogP contribution in [0.2, 0.25) is 0 Å². The highest BCUT2D eigenvalue weighted by molar-refractivity contribution is 6.12. The molecule has 3 aliphatic carbocycles. The Hall–Kier alpha value is -6.97. The number of allylic oxidation sites excluding steroid dienone is 5. The van der Waals surface area contributed by atoms with E-state index in [1.807, 2.05) is 0 Å². The fraction of sp³-hybridized carbons (Fsp3) is 0.0577. The third kappa shape index (κ3) is 4.24. The molecule has 0 bridgehead atoms. The summed E-state index contributed by atoms with van der Waals surface area (Å²) in [4.78, 5) is 5.32. The molecule has 2 aromatic heterocycles. The van der Waals surface area contributed by atoms with Crippen LogP contribution in [0.4, 0.5) is 0 Å². The lowest BCUT2D eigenvalue weighted by molar-refractivity contribution is 0.651. The van der Waals surface area contributed by atoms with Gasteiger partial charge in [0.25, 0.3) is 0 Å². The van der Waals surface area contributed by atoms with Gasteiger partial charge in [0, 0.05) is 33.5 Å². The second-order valence-corrected chi connectivity index (χ2v) is 15.0. The normalized spacial score (nSPS) is 18.1. The Balaban J connectivity index is 1.06. The maximum absolute atomic E-state index is 6.79. The first-order chi connectivity index (χ1) is 27.3. The van der Waals surface area contributed by atoms with E-state index in [1.165, 1.54) is 50.1 Å². The molecule has 3 aliphatic rings. The third-order valence-corrected chi connectivity index (χ3v) is 12.2. The highest BCUT2D eigenvalue weighted by Gasteiger charge is 2.51. The fourth-order valence-corrected chi connectivity index (χ4v) is 9.91. The number of rotatable bonds is 3. The molecule has 1 spiro atoms. The van der Waals surface area contributed by atoms with Crippen LogP contribution in [-0.4, -0.2) is 9.55 Å². The predicted molar refractivity (Wildman–Crippen MR) is 225 cm³/mol. The Morgan fingerprint density at radius 1 is 0.618 bits per heavy atom. The highest BCUT2D eigenvalue weighted by atomic mass is 16.3. The van der Waals surface area contributed by atoms with Gasteiger partial charge in [-0.2, -0.15) is 0 Å². The first-order valence-electron chi connectivity index (χ1n) is 19.1. The van der Waals surface area contributed by atoms with Crippen LogP contribution in [-0.2, 0) is 5.41 Å². The Morgan fingerprint density at radius 3 is 2.27 bits per heavy atom. The molecule has 7 aromatic carbocycles. The number of aromatic nitrogens is 2. The highest BCUT2D eigenvalue weighted by Crippen LogP contribution is 2.62. The van der Waals surface area contributed by atoms with E-state index < -0.39 is 5.41 Å². The Labute approximate surface area is 318 Å². The predicted octanol–water partition coefficient (Wildman–Crippen LogP) is 13.0. The van der Waals surface area contributed by atoms with E-state index in [2.05, 4.69) is 193 Å². The first-order valence-corrected chi connectivity index (χ1v) is 19.1. The van der Waals surface area contributed by atoms with Crippen LogP contribution in [0.5, 0.6) is 0 Å². The average Bonchev–Trinajstić information content (AvgIpc) is 3.89. The molecule has 0 fully saturated rings. The largest absolute Gasteiger partial charge is 0.455 e. The van der Waals surface area contributed by atoms with E-state index in [0.29, 0.717) is 0 Å². The monoisotopic (exact) mass is 702 g/mol. The van der Waals surface area contributed by atoms with Gasteiger partial charge in [-0.25, -0.2) is 4.98 Å². The van der Waals surface area contributed by atoms with Gasteiger partial charge in [0.1, 0.15) is 17.0 Å². The second-order valence-electron chi connectivity index (χ2n) is 15.0. The van der Waals surface area contributed by atoms with E-state index in [4.69, 9.17) is 9.40 Å². The number of imidazole rings is 1. The molecule has 55 heavy (non-hydrogen) atoms. The zero-order valence-electron chi connectivity index (χ0n) is 30.0. The topological polar surface area (TPSA) is 31.0 Å². The number of para-hydroxylation sites is 2.